The molecule has 1 aromatic rings. The van der Waals surface area contributed by atoms with Crippen molar-refractivity contribution >= 4 is 0 Å². The van der Waals surface area contributed by atoms with Crippen LogP contribution < -0.4 is 0 Å². The zero-order valence-electron chi connectivity index (χ0n) is 10.9. The van der Waals surface area contributed by atoms with Gasteiger partial charge in [-0.2, -0.15) is 0 Å². The smallest absolute Gasteiger partial charge is 0.0954 e. The highest BCUT2D eigenvalue weighted by Gasteiger charge is 2.40. The summed E-state index contributed by atoms with van der Waals surface area (Å²) in [5, 5.41) is 10.0. The molecule has 1 fully saturated rings. The van der Waals surface area contributed by atoms with E-state index in [2.05, 4.69) is 29.2 Å². The highest BCUT2D eigenvalue weighted by molar-refractivity contribution is 5.31. The van der Waals surface area contributed by atoms with E-state index in [0.29, 0.717) is 0 Å². The fourth-order valence-electron chi connectivity index (χ4n) is 3.00. The standard InChI is InChI=1S/C15H21NO2/c1-2-15(17)10-16(11-15)9-14-13-6-4-3-5-12(13)7-8-18-14/h3-6,14,17H,2,7-11H2,1H3. The van der Waals surface area contributed by atoms with E-state index < -0.39 is 5.60 Å². The van der Waals surface area contributed by atoms with Gasteiger partial charge in [-0.15, -0.1) is 0 Å². The van der Waals surface area contributed by atoms with Crippen LogP contribution in [0.2, 0.25) is 0 Å². The number of benzene rings is 1. The summed E-state index contributed by atoms with van der Waals surface area (Å²) in [6, 6.07) is 8.55. The quantitative estimate of drug-likeness (QED) is 0.883. The van der Waals surface area contributed by atoms with Crippen LogP contribution in [-0.2, 0) is 11.2 Å². The molecular formula is C15H21NO2. The van der Waals surface area contributed by atoms with Crippen LogP contribution in [-0.4, -0.2) is 41.8 Å². The van der Waals surface area contributed by atoms with Crippen LogP contribution in [0.25, 0.3) is 0 Å². The molecule has 18 heavy (non-hydrogen) atoms. The highest BCUT2D eigenvalue weighted by Crippen LogP contribution is 2.31. The number of fused-ring (bicyclic) bond motifs is 1. The third-order valence-corrected chi connectivity index (χ3v) is 4.21. The minimum atomic E-state index is -0.450. The summed E-state index contributed by atoms with van der Waals surface area (Å²) in [5.41, 5.74) is 2.30. The maximum Gasteiger partial charge on any atom is 0.0954 e. The maximum atomic E-state index is 10.0. The van der Waals surface area contributed by atoms with E-state index >= 15 is 0 Å². The van der Waals surface area contributed by atoms with E-state index in [4.69, 9.17) is 4.74 Å². The van der Waals surface area contributed by atoms with Gasteiger partial charge in [-0.3, -0.25) is 4.90 Å². The zero-order chi connectivity index (χ0) is 12.6. The number of hydrogen-bond donors (Lipinski definition) is 1. The Kier molecular flexibility index (Phi) is 3.14. The Morgan fingerprint density at radius 1 is 1.39 bits per heavy atom. The molecule has 0 aromatic heterocycles. The second-order valence-corrected chi connectivity index (χ2v) is 5.56. The van der Waals surface area contributed by atoms with Crippen LogP contribution in [0, 0.1) is 0 Å². The summed E-state index contributed by atoms with van der Waals surface area (Å²) < 4.78 is 5.89. The van der Waals surface area contributed by atoms with Gasteiger partial charge in [0.25, 0.3) is 0 Å². The molecular weight excluding hydrogens is 226 g/mol. The molecule has 1 aromatic carbocycles. The second kappa shape index (κ2) is 4.65. The van der Waals surface area contributed by atoms with Gasteiger partial charge in [0, 0.05) is 19.6 Å². The average Bonchev–Trinajstić information content (AvgIpc) is 2.37. The molecule has 2 aliphatic heterocycles. The van der Waals surface area contributed by atoms with Crippen LogP contribution in [0.4, 0.5) is 0 Å². The summed E-state index contributed by atoms with van der Waals surface area (Å²) in [7, 11) is 0. The van der Waals surface area contributed by atoms with Crippen LogP contribution in [0.1, 0.15) is 30.6 Å². The molecule has 3 heteroatoms. The van der Waals surface area contributed by atoms with Crippen LogP contribution in [0.5, 0.6) is 0 Å². The summed E-state index contributed by atoms with van der Waals surface area (Å²) in [4.78, 5) is 2.29. The summed E-state index contributed by atoms with van der Waals surface area (Å²) in [6.45, 7) is 5.33. The lowest BCUT2D eigenvalue weighted by Gasteiger charge is -2.47. The topological polar surface area (TPSA) is 32.7 Å². The molecule has 0 aliphatic carbocycles. The van der Waals surface area contributed by atoms with E-state index in [-0.39, 0.29) is 6.10 Å². The molecule has 1 N–H and O–H groups in total. The first kappa shape index (κ1) is 12.2. The minimum Gasteiger partial charge on any atom is -0.387 e. The van der Waals surface area contributed by atoms with Crippen LogP contribution in [0.15, 0.2) is 24.3 Å². The van der Waals surface area contributed by atoms with Gasteiger partial charge in [0.2, 0.25) is 0 Å². The van der Waals surface area contributed by atoms with Gasteiger partial charge in [0.1, 0.15) is 0 Å². The summed E-state index contributed by atoms with van der Waals surface area (Å²) >= 11 is 0. The van der Waals surface area contributed by atoms with Crippen molar-refractivity contribution in [1.82, 2.24) is 4.90 Å². The lowest BCUT2D eigenvalue weighted by atomic mass is 9.89. The molecule has 1 atom stereocenters. The molecule has 1 saturated heterocycles. The number of rotatable bonds is 3. The predicted molar refractivity (Wildman–Crippen MR) is 70.5 cm³/mol. The van der Waals surface area contributed by atoms with E-state index in [1.807, 2.05) is 6.92 Å². The molecule has 3 nitrogen and oxygen atoms in total. The van der Waals surface area contributed by atoms with Crippen molar-refractivity contribution in [1.29, 1.82) is 0 Å². The molecule has 1 unspecified atom stereocenters. The van der Waals surface area contributed by atoms with Gasteiger partial charge in [-0.25, -0.2) is 0 Å². The van der Waals surface area contributed by atoms with Crippen molar-refractivity contribution in [3.8, 4) is 0 Å². The Morgan fingerprint density at radius 2 is 2.17 bits per heavy atom. The first-order valence-corrected chi connectivity index (χ1v) is 6.84. The van der Waals surface area contributed by atoms with Crippen LogP contribution >= 0.6 is 0 Å². The largest absolute Gasteiger partial charge is 0.387 e. The first-order valence-electron chi connectivity index (χ1n) is 6.84. The van der Waals surface area contributed by atoms with Gasteiger partial charge < -0.3 is 9.84 Å². The van der Waals surface area contributed by atoms with Crippen molar-refractivity contribution in [3.63, 3.8) is 0 Å². The molecule has 2 heterocycles. The lowest BCUT2D eigenvalue weighted by molar-refractivity contribution is -0.117. The monoisotopic (exact) mass is 247 g/mol. The molecule has 3 rings (SSSR count). The van der Waals surface area contributed by atoms with Gasteiger partial charge in [-0.05, 0) is 24.0 Å². The van der Waals surface area contributed by atoms with E-state index in [9.17, 15) is 5.11 Å². The summed E-state index contributed by atoms with van der Waals surface area (Å²) in [6.07, 6.45) is 2.04. The number of ether oxygens (including phenoxy) is 1. The van der Waals surface area contributed by atoms with Gasteiger partial charge in [-0.1, -0.05) is 31.2 Å². The Balaban J connectivity index is 1.65. The van der Waals surface area contributed by atoms with E-state index in [0.717, 1.165) is 39.1 Å². The summed E-state index contributed by atoms with van der Waals surface area (Å²) in [5.74, 6) is 0. The fraction of sp³-hybridized carbons (Fsp3) is 0.600. The Hall–Kier alpha value is -0.900. The van der Waals surface area contributed by atoms with Crippen LogP contribution in [0.3, 0.4) is 0 Å². The van der Waals surface area contributed by atoms with Crippen molar-refractivity contribution in [2.24, 2.45) is 0 Å². The third-order valence-electron chi connectivity index (χ3n) is 4.21. The molecule has 0 saturated carbocycles. The SMILES string of the molecule is CCC1(O)CN(CC2OCCc3ccccc32)C1. The average molecular weight is 247 g/mol. The molecule has 0 amide bonds. The fourth-order valence-corrected chi connectivity index (χ4v) is 3.00. The third kappa shape index (κ3) is 2.18. The molecule has 0 bridgehead atoms. The molecule has 0 spiro atoms. The molecule has 2 aliphatic rings. The number of nitrogens with zero attached hydrogens (tertiary/aromatic N) is 1. The first-order chi connectivity index (χ1) is 8.70. The number of hydrogen-bond acceptors (Lipinski definition) is 3. The molecule has 98 valence electrons. The Bertz CT molecular complexity index is 426. The van der Waals surface area contributed by atoms with E-state index in [1.54, 1.807) is 0 Å². The number of aliphatic hydroxyl groups is 1. The van der Waals surface area contributed by atoms with E-state index in [1.165, 1.54) is 11.1 Å². The Morgan fingerprint density at radius 3 is 2.94 bits per heavy atom. The maximum absolute atomic E-state index is 10.0. The van der Waals surface area contributed by atoms with Crippen molar-refractivity contribution in [3.05, 3.63) is 35.4 Å². The zero-order valence-corrected chi connectivity index (χ0v) is 10.9. The van der Waals surface area contributed by atoms with Gasteiger partial charge in [0.05, 0.1) is 18.3 Å². The normalized spacial score (nSPS) is 26.4. The number of β-amino-alcohol motifs (C(OH)–C–C–N with tert-alkyl or cyclic N) is 1. The lowest BCUT2D eigenvalue weighted by Crippen LogP contribution is -2.62. The van der Waals surface area contributed by atoms with Crippen molar-refractivity contribution in [2.45, 2.75) is 31.5 Å². The molecule has 0 radical (unpaired) electrons. The second-order valence-electron chi connectivity index (χ2n) is 5.56. The predicted octanol–water partition coefficient (Wildman–Crippen LogP) is 1.76. The minimum absolute atomic E-state index is 0.177. The highest BCUT2D eigenvalue weighted by atomic mass is 16.5. The van der Waals surface area contributed by atoms with Crippen molar-refractivity contribution < 1.29 is 9.84 Å². The Labute approximate surface area is 108 Å². The van der Waals surface area contributed by atoms with Gasteiger partial charge in [0.15, 0.2) is 0 Å². The van der Waals surface area contributed by atoms with Crippen molar-refractivity contribution in [2.75, 3.05) is 26.2 Å². The van der Waals surface area contributed by atoms with Gasteiger partial charge >= 0.3 is 0 Å². The number of likely N-dealkylation sites (tertiary alicyclic amines) is 1.